The van der Waals surface area contributed by atoms with Crippen LogP contribution in [0.1, 0.15) is 10.8 Å². The minimum atomic E-state index is -0.577. The van der Waals surface area contributed by atoms with Gasteiger partial charge < -0.3 is 5.73 Å². The van der Waals surface area contributed by atoms with Gasteiger partial charge in [0.25, 0.3) is 0 Å². The van der Waals surface area contributed by atoms with Gasteiger partial charge in [-0.2, -0.15) is 12.6 Å². The van der Waals surface area contributed by atoms with E-state index in [1.165, 1.54) is 0 Å². The van der Waals surface area contributed by atoms with Crippen LogP contribution in [-0.4, -0.2) is 5.91 Å². The molecule has 0 saturated carbocycles. The summed E-state index contributed by atoms with van der Waals surface area (Å²) in [4.78, 5) is 11.2. The molecule has 0 saturated heterocycles. The van der Waals surface area contributed by atoms with Crippen molar-refractivity contribution in [3.05, 3.63) is 60.2 Å². The van der Waals surface area contributed by atoms with Crippen LogP contribution in [-0.2, 0) is 4.79 Å². The van der Waals surface area contributed by atoms with Crippen molar-refractivity contribution in [3.63, 3.8) is 0 Å². The molecule has 86 valence electrons. The molecule has 2 aromatic carbocycles. The number of rotatable bonds is 3. The SMILES string of the molecule is NC(=O)C(S)c1ccccc1-c1ccccc1. The summed E-state index contributed by atoms with van der Waals surface area (Å²) in [5.74, 6) is -0.434. The van der Waals surface area contributed by atoms with E-state index in [4.69, 9.17) is 5.73 Å². The number of benzene rings is 2. The van der Waals surface area contributed by atoms with Crippen LogP contribution in [0.4, 0.5) is 0 Å². The number of hydrogen-bond donors (Lipinski definition) is 2. The molecule has 2 N–H and O–H groups in total. The molecule has 1 atom stereocenters. The first-order valence-electron chi connectivity index (χ1n) is 5.32. The average molecular weight is 243 g/mol. The van der Waals surface area contributed by atoms with E-state index in [0.29, 0.717) is 0 Å². The van der Waals surface area contributed by atoms with Gasteiger partial charge >= 0.3 is 0 Å². The van der Waals surface area contributed by atoms with Gasteiger partial charge in [0, 0.05) is 0 Å². The molecule has 2 rings (SSSR count). The topological polar surface area (TPSA) is 43.1 Å². The van der Waals surface area contributed by atoms with Gasteiger partial charge in [0.1, 0.15) is 5.25 Å². The Morgan fingerprint density at radius 1 is 1.00 bits per heavy atom. The molecular weight excluding hydrogens is 230 g/mol. The van der Waals surface area contributed by atoms with Crippen molar-refractivity contribution < 1.29 is 4.79 Å². The van der Waals surface area contributed by atoms with Gasteiger partial charge in [0.05, 0.1) is 0 Å². The summed E-state index contributed by atoms with van der Waals surface area (Å²) in [5.41, 5.74) is 8.19. The first-order valence-corrected chi connectivity index (χ1v) is 5.83. The lowest BCUT2D eigenvalue weighted by Gasteiger charge is -2.13. The molecule has 0 bridgehead atoms. The highest BCUT2D eigenvalue weighted by atomic mass is 32.1. The van der Waals surface area contributed by atoms with E-state index in [1.54, 1.807) is 0 Å². The van der Waals surface area contributed by atoms with Crippen molar-refractivity contribution in [1.29, 1.82) is 0 Å². The normalized spacial score (nSPS) is 12.1. The van der Waals surface area contributed by atoms with Gasteiger partial charge in [-0.3, -0.25) is 4.79 Å². The quantitative estimate of drug-likeness (QED) is 0.800. The van der Waals surface area contributed by atoms with Gasteiger partial charge in [-0.1, -0.05) is 54.6 Å². The van der Waals surface area contributed by atoms with Gasteiger partial charge in [-0.25, -0.2) is 0 Å². The third-order valence-corrected chi connectivity index (χ3v) is 3.14. The molecule has 0 aliphatic heterocycles. The van der Waals surface area contributed by atoms with Crippen LogP contribution in [0, 0.1) is 0 Å². The molecule has 17 heavy (non-hydrogen) atoms. The van der Waals surface area contributed by atoms with Crippen molar-refractivity contribution in [2.75, 3.05) is 0 Å². The van der Waals surface area contributed by atoms with Crippen molar-refractivity contribution in [2.45, 2.75) is 5.25 Å². The Balaban J connectivity index is 2.52. The van der Waals surface area contributed by atoms with Crippen LogP contribution in [0.5, 0.6) is 0 Å². The lowest BCUT2D eigenvalue weighted by atomic mass is 9.97. The Morgan fingerprint density at radius 2 is 1.59 bits per heavy atom. The molecule has 1 amide bonds. The maximum atomic E-state index is 11.2. The Kier molecular flexibility index (Phi) is 3.49. The highest BCUT2D eigenvalue weighted by molar-refractivity contribution is 7.81. The van der Waals surface area contributed by atoms with Crippen LogP contribution < -0.4 is 5.73 Å². The summed E-state index contributed by atoms with van der Waals surface area (Å²) in [7, 11) is 0. The molecule has 0 aromatic heterocycles. The largest absolute Gasteiger partial charge is 0.368 e. The molecule has 2 nitrogen and oxygen atoms in total. The van der Waals surface area contributed by atoms with Gasteiger partial charge in [-0.15, -0.1) is 0 Å². The fourth-order valence-corrected chi connectivity index (χ4v) is 1.99. The van der Waals surface area contributed by atoms with Crippen LogP contribution in [0.15, 0.2) is 54.6 Å². The second kappa shape index (κ2) is 5.06. The second-order valence-corrected chi connectivity index (χ2v) is 4.27. The number of nitrogens with two attached hydrogens (primary N) is 1. The van der Waals surface area contributed by atoms with E-state index in [1.807, 2.05) is 54.6 Å². The molecule has 0 fully saturated rings. The van der Waals surface area contributed by atoms with Gasteiger partial charge in [-0.05, 0) is 16.7 Å². The summed E-state index contributed by atoms with van der Waals surface area (Å²) < 4.78 is 0. The predicted molar refractivity (Wildman–Crippen MR) is 72.8 cm³/mol. The molecule has 3 heteroatoms. The zero-order chi connectivity index (χ0) is 12.3. The molecule has 0 radical (unpaired) electrons. The molecule has 0 aliphatic rings. The number of carbonyl (C=O) groups is 1. The Morgan fingerprint density at radius 3 is 2.24 bits per heavy atom. The first-order chi connectivity index (χ1) is 8.20. The minimum Gasteiger partial charge on any atom is -0.368 e. The van der Waals surface area contributed by atoms with Gasteiger partial charge in [0.15, 0.2) is 0 Å². The molecule has 0 aliphatic carbocycles. The zero-order valence-corrected chi connectivity index (χ0v) is 10.1. The van der Waals surface area contributed by atoms with Crippen LogP contribution in [0.3, 0.4) is 0 Å². The second-order valence-electron chi connectivity index (χ2n) is 3.76. The zero-order valence-electron chi connectivity index (χ0n) is 9.21. The molecule has 1 unspecified atom stereocenters. The van der Waals surface area contributed by atoms with Crippen LogP contribution in [0.25, 0.3) is 11.1 Å². The van der Waals surface area contributed by atoms with Crippen LogP contribution in [0.2, 0.25) is 0 Å². The summed E-state index contributed by atoms with van der Waals surface area (Å²) in [6, 6.07) is 17.6. The fourth-order valence-electron chi connectivity index (χ4n) is 1.77. The van der Waals surface area contributed by atoms with Crippen molar-refractivity contribution in [3.8, 4) is 11.1 Å². The maximum absolute atomic E-state index is 11.2. The first kappa shape index (κ1) is 11.7. The summed E-state index contributed by atoms with van der Waals surface area (Å²) in [6.45, 7) is 0. The smallest absolute Gasteiger partial charge is 0.234 e. The van der Waals surface area contributed by atoms with Crippen molar-refractivity contribution in [1.82, 2.24) is 0 Å². The molecule has 0 heterocycles. The predicted octanol–water partition coefficient (Wildman–Crippen LogP) is 2.81. The van der Waals surface area contributed by atoms with Crippen molar-refractivity contribution in [2.24, 2.45) is 5.73 Å². The lowest BCUT2D eigenvalue weighted by Crippen LogP contribution is -2.17. The summed E-state index contributed by atoms with van der Waals surface area (Å²) in [5, 5.41) is -0.577. The highest BCUT2D eigenvalue weighted by Crippen LogP contribution is 2.30. The summed E-state index contributed by atoms with van der Waals surface area (Å²) in [6.07, 6.45) is 0. The van der Waals surface area contributed by atoms with E-state index in [-0.39, 0.29) is 0 Å². The highest BCUT2D eigenvalue weighted by Gasteiger charge is 2.16. The maximum Gasteiger partial charge on any atom is 0.234 e. The molecular formula is C14H13NOS. The van der Waals surface area contributed by atoms with E-state index in [0.717, 1.165) is 16.7 Å². The standard InChI is InChI=1S/C14H13NOS/c15-14(16)13(17)12-9-5-4-8-11(12)10-6-2-1-3-7-10/h1-9,13,17H,(H2,15,16). The lowest BCUT2D eigenvalue weighted by molar-refractivity contribution is -0.117. The van der Waals surface area contributed by atoms with Crippen LogP contribution >= 0.6 is 12.6 Å². The number of carbonyl (C=O) groups excluding carboxylic acids is 1. The Labute approximate surface area is 106 Å². The number of hydrogen-bond acceptors (Lipinski definition) is 2. The van der Waals surface area contributed by atoms with E-state index < -0.39 is 11.2 Å². The molecule has 0 spiro atoms. The van der Waals surface area contributed by atoms with E-state index >= 15 is 0 Å². The third kappa shape index (κ3) is 2.50. The molecule has 2 aromatic rings. The third-order valence-electron chi connectivity index (χ3n) is 2.61. The van der Waals surface area contributed by atoms with Crippen molar-refractivity contribution >= 4 is 18.5 Å². The Bertz CT molecular complexity index is 525. The van der Waals surface area contributed by atoms with Gasteiger partial charge in [0.2, 0.25) is 5.91 Å². The monoisotopic (exact) mass is 243 g/mol. The number of thiol groups is 1. The fraction of sp³-hybridized carbons (Fsp3) is 0.0714. The van der Waals surface area contributed by atoms with E-state index in [2.05, 4.69) is 12.6 Å². The van der Waals surface area contributed by atoms with E-state index in [9.17, 15) is 4.79 Å². The Hall–Kier alpha value is -1.74. The average Bonchev–Trinajstić information content (AvgIpc) is 2.39. The number of amides is 1. The minimum absolute atomic E-state index is 0.434. The number of primary amides is 1. The summed E-state index contributed by atoms with van der Waals surface area (Å²) >= 11 is 4.26.